The lowest BCUT2D eigenvalue weighted by molar-refractivity contribution is -0.111. The Morgan fingerprint density at radius 2 is 2.03 bits per heavy atom. The molecule has 0 fully saturated rings. The molecule has 1 amide bonds. The van der Waals surface area contributed by atoms with E-state index >= 15 is 0 Å². The van der Waals surface area contributed by atoms with Gasteiger partial charge < -0.3 is 14.8 Å². The lowest BCUT2D eigenvalue weighted by Gasteiger charge is -2.18. The number of hydrogen-bond donors (Lipinski definition) is 1. The molecule has 2 aromatic rings. The maximum absolute atomic E-state index is 12.5. The summed E-state index contributed by atoms with van der Waals surface area (Å²) in [5, 5.41) is 3.45. The van der Waals surface area contributed by atoms with E-state index in [4.69, 9.17) is 9.47 Å². The number of anilines is 1. The molecule has 5 nitrogen and oxygen atoms in total. The van der Waals surface area contributed by atoms with Crippen LogP contribution in [-0.2, 0) is 22.4 Å². The second-order valence-electron chi connectivity index (χ2n) is 7.29. The van der Waals surface area contributed by atoms with Crippen molar-refractivity contribution in [3.8, 4) is 5.75 Å². The fourth-order valence-corrected chi connectivity index (χ4v) is 4.78. The van der Waals surface area contributed by atoms with Crippen LogP contribution < -0.4 is 10.1 Å². The first-order valence-corrected chi connectivity index (χ1v) is 10.8. The van der Waals surface area contributed by atoms with Crippen LogP contribution in [0.15, 0.2) is 30.3 Å². The van der Waals surface area contributed by atoms with Gasteiger partial charge in [-0.2, -0.15) is 0 Å². The standard InChI is InChI=1S/C23H27NO4S/c1-4-13-28-17-9-6-16(7-10-17)8-12-20(25)24-22-21(23(26)27-3)18-11-5-15(2)14-19(18)29-22/h6-10,12,15H,4-5,11,13-14H2,1-3H3,(H,24,25)/b12-8+/t15-/m1/s1. The highest BCUT2D eigenvalue weighted by atomic mass is 32.1. The number of nitrogens with one attached hydrogen (secondary N) is 1. The van der Waals surface area contributed by atoms with Gasteiger partial charge in [0.15, 0.2) is 0 Å². The van der Waals surface area contributed by atoms with Crippen LogP contribution in [0.3, 0.4) is 0 Å². The van der Waals surface area contributed by atoms with Crippen molar-refractivity contribution < 1.29 is 19.1 Å². The van der Waals surface area contributed by atoms with Gasteiger partial charge in [0, 0.05) is 11.0 Å². The Kier molecular flexibility index (Phi) is 7.09. The molecular weight excluding hydrogens is 386 g/mol. The highest BCUT2D eigenvalue weighted by molar-refractivity contribution is 7.17. The summed E-state index contributed by atoms with van der Waals surface area (Å²) in [5.41, 5.74) is 2.44. The van der Waals surface area contributed by atoms with Gasteiger partial charge >= 0.3 is 5.97 Å². The van der Waals surface area contributed by atoms with Gasteiger partial charge in [-0.05, 0) is 60.9 Å². The first kappa shape index (κ1) is 21.1. The van der Waals surface area contributed by atoms with Gasteiger partial charge in [-0.25, -0.2) is 4.79 Å². The fraction of sp³-hybridized carbons (Fsp3) is 0.391. The normalized spacial score (nSPS) is 15.8. The summed E-state index contributed by atoms with van der Waals surface area (Å²) in [6, 6.07) is 7.58. The highest BCUT2D eigenvalue weighted by Gasteiger charge is 2.28. The van der Waals surface area contributed by atoms with E-state index in [1.807, 2.05) is 24.3 Å². The quantitative estimate of drug-likeness (QED) is 0.507. The van der Waals surface area contributed by atoms with E-state index in [1.54, 1.807) is 6.08 Å². The zero-order valence-corrected chi connectivity index (χ0v) is 17.9. The molecule has 0 saturated heterocycles. The van der Waals surface area contributed by atoms with E-state index in [1.165, 1.54) is 29.4 Å². The Morgan fingerprint density at radius 3 is 2.72 bits per heavy atom. The highest BCUT2D eigenvalue weighted by Crippen LogP contribution is 2.40. The number of amides is 1. The van der Waals surface area contributed by atoms with Crippen LogP contribution in [0, 0.1) is 5.92 Å². The molecule has 0 bridgehead atoms. The molecular formula is C23H27NO4S. The van der Waals surface area contributed by atoms with Crippen LogP contribution in [-0.4, -0.2) is 25.6 Å². The summed E-state index contributed by atoms with van der Waals surface area (Å²) in [6.45, 7) is 4.95. The molecule has 6 heteroatoms. The Bertz CT molecular complexity index is 898. The van der Waals surface area contributed by atoms with Gasteiger partial charge in [0.2, 0.25) is 5.91 Å². The van der Waals surface area contributed by atoms with Crippen molar-refractivity contribution in [2.75, 3.05) is 19.0 Å². The first-order chi connectivity index (χ1) is 14.0. The summed E-state index contributed by atoms with van der Waals surface area (Å²) in [5.74, 6) is 0.737. The molecule has 0 radical (unpaired) electrons. The first-order valence-electron chi connectivity index (χ1n) is 9.96. The van der Waals surface area contributed by atoms with Gasteiger partial charge in [0.05, 0.1) is 19.3 Å². The number of benzene rings is 1. The summed E-state index contributed by atoms with van der Waals surface area (Å²) >= 11 is 1.49. The zero-order chi connectivity index (χ0) is 20.8. The van der Waals surface area contributed by atoms with Crippen LogP contribution in [0.2, 0.25) is 0 Å². The van der Waals surface area contributed by atoms with Crippen LogP contribution in [0.1, 0.15) is 53.1 Å². The minimum Gasteiger partial charge on any atom is -0.494 e. The molecule has 154 valence electrons. The average Bonchev–Trinajstić information content (AvgIpc) is 3.07. The van der Waals surface area contributed by atoms with E-state index < -0.39 is 0 Å². The largest absolute Gasteiger partial charge is 0.494 e. The molecule has 1 atom stereocenters. The molecule has 1 N–H and O–H groups in total. The van der Waals surface area contributed by atoms with Crippen molar-refractivity contribution in [3.63, 3.8) is 0 Å². The van der Waals surface area contributed by atoms with Crippen molar-refractivity contribution in [1.82, 2.24) is 0 Å². The smallest absolute Gasteiger partial charge is 0.341 e. The van der Waals surface area contributed by atoms with E-state index in [9.17, 15) is 9.59 Å². The Labute approximate surface area is 175 Å². The van der Waals surface area contributed by atoms with E-state index in [0.29, 0.717) is 23.1 Å². The van der Waals surface area contributed by atoms with Crippen LogP contribution in [0.5, 0.6) is 5.75 Å². The van der Waals surface area contributed by atoms with Gasteiger partial charge in [-0.1, -0.05) is 26.0 Å². The predicted molar refractivity (Wildman–Crippen MR) is 117 cm³/mol. The molecule has 0 aliphatic heterocycles. The predicted octanol–water partition coefficient (Wildman–Crippen LogP) is 5.10. The summed E-state index contributed by atoms with van der Waals surface area (Å²) in [7, 11) is 1.37. The molecule has 1 heterocycles. The van der Waals surface area contributed by atoms with Crippen molar-refractivity contribution in [1.29, 1.82) is 0 Å². The molecule has 29 heavy (non-hydrogen) atoms. The summed E-state index contributed by atoms with van der Waals surface area (Å²) in [6.07, 6.45) is 6.99. The minimum absolute atomic E-state index is 0.270. The third-order valence-corrected chi connectivity index (χ3v) is 6.09. The minimum atomic E-state index is -0.390. The van der Waals surface area contributed by atoms with Crippen LogP contribution in [0.25, 0.3) is 6.08 Å². The van der Waals surface area contributed by atoms with Gasteiger partial charge in [0.1, 0.15) is 10.8 Å². The maximum Gasteiger partial charge on any atom is 0.341 e. The summed E-state index contributed by atoms with van der Waals surface area (Å²) < 4.78 is 10.5. The Morgan fingerprint density at radius 1 is 1.28 bits per heavy atom. The molecule has 1 aliphatic rings. The van der Waals surface area contributed by atoms with E-state index in [0.717, 1.165) is 42.6 Å². The van der Waals surface area contributed by atoms with Gasteiger partial charge in [-0.15, -0.1) is 11.3 Å². The number of rotatable bonds is 7. The monoisotopic (exact) mass is 413 g/mol. The molecule has 3 rings (SSSR count). The Hall–Kier alpha value is -2.60. The maximum atomic E-state index is 12.5. The second kappa shape index (κ2) is 9.74. The third-order valence-electron chi connectivity index (χ3n) is 4.92. The van der Waals surface area contributed by atoms with Crippen molar-refractivity contribution >= 4 is 34.3 Å². The van der Waals surface area contributed by atoms with Crippen molar-refractivity contribution in [3.05, 3.63) is 51.9 Å². The zero-order valence-electron chi connectivity index (χ0n) is 17.1. The number of methoxy groups -OCH3 is 1. The number of thiophene rings is 1. The second-order valence-corrected chi connectivity index (χ2v) is 8.39. The van der Waals surface area contributed by atoms with Crippen LogP contribution >= 0.6 is 11.3 Å². The number of carbonyl (C=O) groups is 2. The molecule has 0 spiro atoms. The lowest BCUT2D eigenvalue weighted by atomic mass is 9.88. The number of ether oxygens (including phenoxy) is 2. The van der Waals surface area contributed by atoms with Gasteiger partial charge in [-0.3, -0.25) is 4.79 Å². The SMILES string of the molecule is CCCOc1ccc(/C=C/C(=O)Nc2sc3c(c2C(=O)OC)CC[C@@H](C)C3)cc1. The number of carbonyl (C=O) groups excluding carboxylic acids is 2. The topological polar surface area (TPSA) is 64.6 Å². The van der Waals surface area contributed by atoms with E-state index in [2.05, 4.69) is 19.2 Å². The number of esters is 1. The molecule has 1 aromatic carbocycles. The average molecular weight is 414 g/mol. The van der Waals surface area contributed by atoms with Gasteiger partial charge in [0.25, 0.3) is 0 Å². The third kappa shape index (κ3) is 5.26. The lowest BCUT2D eigenvalue weighted by Crippen LogP contribution is -2.14. The summed E-state index contributed by atoms with van der Waals surface area (Å²) in [4.78, 5) is 26.0. The molecule has 1 aliphatic carbocycles. The number of fused-ring (bicyclic) bond motifs is 1. The van der Waals surface area contributed by atoms with Crippen LogP contribution in [0.4, 0.5) is 5.00 Å². The Balaban J connectivity index is 1.71. The molecule has 0 saturated carbocycles. The van der Waals surface area contributed by atoms with E-state index in [-0.39, 0.29) is 11.9 Å². The molecule has 1 aromatic heterocycles. The molecule has 0 unspecified atom stereocenters. The van der Waals surface area contributed by atoms with Crippen molar-refractivity contribution in [2.45, 2.75) is 39.5 Å². The van der Waals surface area contributed by atoms with Crippen molar-refractivity contribution in [2.24, 2.45) is 5.92 Å². The fourth-order valence-electron chi connectivity index (χ4n) is 3.38. The number of hydrogen-bond acceptors (Lipinski definition) is 5.